The Balaban J connectivity index is 1.55. The normalized spacial score (nSPS) is 15.4. The predicted octanol–water partition coefficient (Wildman–Crippen LogP) is 2.72. The van der Waals surface area contributed by atoms with Crippen LogP contribution in [0.15, 0.2) is 59.7 Å². The molecule has 0 saturated carbocycles. The SMILES string of the molecule is O=c1cc(-c2cccnc2)nc(-c2ccc(CN3CCCOCC3)cc2)[nH]1. The zero-order valence-corrected chi connectivity index (χ0v) is 15.1. The predicted molar refractivity (Wildman–Crippen MR) is 104 cm³/mol. The molecule has 6 nitrogen and oxygen atoms in total. The van der Waals surface area contributed by atoms with E-state index < -0.39 is 0 Å². The molecule has 6 heteroatoms. The summed E-state index contributed by atoms with van der Waals surface area (Å²) in [5, 5.41) is 0. The number of hydrogen-bond acceptors (Lipinski definition) is 5. The molecule has 0 atom stereocenters. The topological polar surface area (TPSA) is 71.1 Å². The Bertz CT molecular complexity index is 930. The third-order valence-electron chi connectivity index (χ3n) is 4.65. The van der Waals surface area contributed by atoms with Gasteiger partial charge in [0, 0.05) is 55.8 Å². The van der Waals surface area contributed by atoms with Crippen LogP contribution < -0.4 is 5.56 Å². The highest BCUT2D eigenvalue weighted by atomic mass is 16.5. The maximum Gasteiger partial charge on any atom is 0.251 e. The number of aromatic amines is 1. The van der Waals surface area contributed by atoms with Crippen LogP contribution >= 0.6 is 0 Å². The fourth-order valence-electron chi connectivity index (χ4n) is 3.24. The van der Waals surface area contributed by atoms with E-state index in [1.807, 2.05) is 24.3 Å². The number of aromatic nitrogens is 3. The van der Waals surface area contributed by atoms with E-state index in [-0.39, 0.29) is 5.56 Å². The van der Waals surface area contributed by atoms with Gasteiger partial charge in [-0.15, -0.1) is 0 Å². The van der Waals surface area contributed by atoms with Gasteiger partial charge in [0.2, 0.25) is 0 Å². The molecule has 27 heavy (non-hydrogen) atoms. The summed E-state index contributed by atoms with van der Waals surface area (Å²) in [6, 6.07) is 13.4. The number of benzene rings is 1. The first-order valence-corrected chi connectivity index (χ1v) is 9.19. The molecule has 1 fully saturated rings. The number of pyridine rings is 1. The summed E-state index contributed by atoms with van der Waals surface area (Å²) in [5.41, 5.74) is 3.40. The lowest BCUT2D eigenvalue weighted by Gasteiger charge is -2.19. The van der Waals surface area contributed by atoms with Gasteiger partial charge in [-0.2, -0.15) is 0 Å². The van der Waals surface area contributed by atoms with Crippen molar-refractivity contribution in [2.24, 2.45) is 0 Å². The first kappa shape index (κ1) is 17.6. The molecule has 1 aliphatic heterocycles. The highest BCUT2D eigenvalue weighted by Gasteiger charge is 2.10. The second kappa shape index (κ2) is 8.24. The Hall–Kier alpha value is -2.83. The Morgan fingerprint density at radius 3 is 2.78 bits per heavy atom. The minimum absolute atomic E-state index is 0.174. The lowest BCUT2D eigenvalue weighted by molar-refractivity contribution is 0.140. The van der Waals surface area contributed by atoms with Crippen LogP contribution in [-0.2, 0) is 11.3 Å². The van der Waals surface area contributed by atoms with Crippen molar-refractivity contribution >= 4 is 0 Å². The van der Waals surface area contributed by atoms with Gasteiger partial charge in [0.05, 0.1) is 12.3 Å². The standard InChI is InChI=1S/C21H22N4O2/c26-20-13-19(18-3-1-8-22-14-18)23-21(24-20)17-6-4-16(5-7-17)15-25-9-2-11-27-12-10-25/h1,3-8,13-14H,2,9-12,15H2,(H,23,24,26). The van der Waals surface area contributed by atoms with E-state index in [0.29, 0.717) is 11.5 Å². The summed E-state index contributed by atoms with van der Waals surface area (Å²) in [5.74, 6) is 0.566. The van der Waals surface area contributed by atoms with Crippen LogP contribution in [0.25, 0.3) is 22.6 Å². The lowest BCUT2D eigenvalue weighted by atomic mass is 10.1. The van der Waals surface area contributed by atoms with E-state index in [9.17, 15) is 4.79 Å². The number of H-pyrrole nitrogens is 1. The van der Waals surface area contributed by atoms with Crippen molar-refractivity contribution in [1.82, 2.24) is 19.9 Å². The average molecular weight is 362 g/mol. The lowest BCUT2D eigenvalue weighted by Crippen LogP contribution is -2.25. The monoisotopic (exact) mass is 362 g/mol. The zero-order chi connectivity index (χ0) is 18.5. The summed E-state index contributed by atoms with van der Waals surface area (Å²) in [4.78, 5) is 26.0. The molecule has 0 bridgehead atoms. The van der Waals surface area contributed by atoms with Gasteiger partial charge in [-0.1, -0.05) is 24.3 Å². The summed E-state index contributed by atoms with van der Waals surface area (Å²) < 4.78 is 5.51. The van der Waals surface area contributed by atoms with Crippen molar-refractivity contribution in [3.63, 3.8) is 0 Å². The van der Waals surface area contributed by atoms with E-state index >= 15 is 0 Å². The highest BCUT2D eigenvalue weighted by Crippen LogP contribution is 2.20. The molecule has 4 rings (SSSR count). The first-order chi connectivity index (χ1) is 13.3. The van der Waals surface area contributed by atoms with Gasteiger partial charge in [0.25, 0.3) is 5.56 Å². The quantitative estimate of drug-likeness (QED) is 0.773. The summed E-state index contributed by atoms with van der Waals surface area (Å²) in [6.45, 7) is 4.57. The third-order valence-corrected chi connectivity index (χ3v) is 4.65. The van der Waals surface area contributed by atoms with Crippen molar-refractivity contribution in [2.45, 2.75) is 13.0 Å². The molecule has 138 valence electrons. The molecule has 3 aromatic rings. The molecule has 2 aromatic heterocycles. The molecule has 1 N–H and O–H groups in total. The Kier molecular flexibility index (Phi) is 5.37. The molecule has 1 aromatic carbocycles. The maximum absolute atomic E-state index is 12.1. The third kappa shape index (κ3) is 4.48. The van der Waals surface area contributed by atoms with Crippen LogP contribution in [0, 0.1) is 0 Å². The highest BCUT2D eigenvalue weighted by molar-refractivity contribution is 5.62. The van der Waals surface area contributed by atoms with Crippen molar-refractivity contribution in [1.29, 1.82) is 0 Å². The van der Waals surface area contributed by atoms with Crippen LogP contribution in [0.5, 0.6) is 0 Å². The fourth-order valence-corrected chi connectivity index (χ4v) is 3.24. The number of hydrogen-bond donors (Lipinski definition) is 1. The number of ether oxygens (including phenoxy) is 1. The number of rotatable bonds is 4. The second-order valence-electron chi connectivity index (χ2n) is 6.66. The smallest absolute Gasteiger partial charge is 0.251 e. The van der Waals surface area contributed by atoms with Gasteiger partial charge >= 0.3 is 0 Å². The molecule has 1 aliphatic rings. The molecule has 1 saturated heterocycles. The number of nitrogens with one attached hydrogen (secondary N) is 1. The van der Waals surface area contributed by atoms with Crippen LogP contribution in [0.2, 0.25) is 0 Å². The van der Waals surface area contributed by atoms with Crippen molar-refractivity contribution in [3.8, 4) is 22.6 Å². The van der Waals surface area contributed by atoms with E-state index in [2.05, 4.69) is 32.0 Å². The Morgan fingerprint density at radius 1 is 1.07 bits per heavy atom. The fraction of sp³-hybridized carbons (Fsp3) is 0.286. The molecule has 0 radical (unpaired) electrons. The van der Waals surface area contributed by atoms with Crippen molar-refractivity contribution in [2.75, 3.05) is 26.3 Å². The van der Waals surface area contributed by atoms with Crippen LogP contribution in [-0.4, -0.2) is 46.2 Å². The molecular weight excluding hydrogens is 340 g/mol. The zero-order valence-electron chi connectivity index (χ0n) is 15.1. The summed E-state index contributed by atoms with van der Waals surface area (Å²) in [7, 11) is 0. The Morgan fingerprint density at radius 2 is 1.96 bits per heavy atom. The van der Waals surface area contributed by atoms with E-state index in [1.165, 1.54) is 11.6 Å². The minimum Gasteiger partial charge on any atom is -0.380 e. The van der Waals surface area contributed by atoms with Gasteiger partial charge in [-0.3, -0.25) is 14.7 Å². The molecule has 3 heterocycles. The first-order valence-electron chi connectivity index (χ1n) is 9.19. The van der Waals surface area contributed by atoms with Gasteiger partial charge in [0.15, 0.2) is 0 Å². The second-order valence-corrected chi connectivity index (χ2v) is 6.66. The molecule has 0 aliphatic carbocycles. The number of nitrogens with zero attached hydrogens (tertiary/aromatic N) is 3. The van der Waals surface area contributed by atoms with Crippen LogP contribution in [0.3, 0.4) is 0 Å². The molecule has 0 spiro atoms. The molecule has 0 unspecified atom stereocenters. The van der Waals surface area contributed by atoms with Crippen molar-refractivity contribution in [3.05, 3.63) is 70.8 Å². The largest absolute Gasteiger partial charge is 0.380 e. The Labute approximate surface area is 157 Å². The van der Waals surface area contributed by atoms with Gasteiger partial charge in [-0.25, -0.2) is 4.98 Å². The van der Waals surface area contributed by atoms with Crippen LogP contribution in [0.4, 0.5) is 0 Å². The molecule has 0 amide bonds. The van der Waals surface area contributed by atoms with E-state index in [4.69, 9.17) is 4.74 Å². The van der Waals surface area contributed by atoms with Crippen molar-refractivity contribution < 1.29 is 4.74 Å². The summed E-state index contributed by atoms with van der Waals surface area (Å²) >= 11 is 0. The minimum atomic E-state index is -0.174. The molecular formula is C21H22N4O2. The van der Waals surface area contributed by atoms with E-state index in [0.717, 1.165) is 50.4 Å². The maximum atomic E-state index is 12.1. The average Bonchev–Trinajstić information content (AvgIpc) is 2.97. The van der Waals surface area contributed by atoms with Crippen LogP contribution in [0.1, 0.15) is 12.0 Å². The van der Waals surface area contributed by atoms with Gasteiger partial charge < -0.3 is 9.72 Å². The van der Waals surface area contributed by atoms with E-state index in [1.54, 1.807) is 12.4 Å². The summed E-state index contributed by atoms with van der Waals surface area (Å²) in [6.07, 6.45) is 4.48. The van der Waals surface area contributed by atoms with Gasteiger partial charge in [0.1, 0.15) is 5.82 Å². The van der Waals surface area contributed by atoms with Gasteiger partial charge in [-0.05, 0) is 24.1 Å².